The zero-order valence-electron chi connectivity index (χ0n) is 5.51. The van der Waals surface area contributed by atoms with Gasteiger partial charge in [-0.3, -0.25) is 0 Å². The average Bonchev–Trinajstić information content (AvgIpc) is 2.31. The van der Waals surface area contributed by atoms with E-state index in [1.54, 1.807) is 11.3 Å². The van der Waals surface area contributed by atoms with Crippen LogP contribution in [-0.2, 0) is 6.42 Å². The minimum absolute atomic E-state index is 0.980. The average molecular weight is 237 g/mol. The van der Waals surface area contributed by atoms with Crippen LogP contribution in [-0.4, -0.2) is 5.75 Å². The van der Waals surface area contributed by atoms with Crippen LogP contribution in [0.25, 0.3) is 0 Å². The number of halogens is 1. The summed E-state index contributed by atoms with van der Waals surface area (Å²) in [6, 6.07) is 2.17. The van der Waals surface area contributed by atoms with Crippen molar-refractivity contribution in [2.75, 3.05) is 5.75 Å². The van der Waals surface area contributed by atoms with E-state index in [-0.39, 0.29) is 0 Å². The van der Waals surface area contributed by atoms with E-state index in [0.717, 1.165) is 12.2 Å². The number of thiol groups is 1. The van der Waals surface area contributed by atoms with Gasteiger partial charge in [-0.05, 0) is 51.5 Å². The van der Waals surface area contributed by atoms with Crippen LogP contribution in [0.15, 0.2) is 15.2 Å². The Hall–Kier alpha value is 0.530. The number of aryl methyl sites for hydroxylation is 1. The molecule has 1 rings (SSSR count). The second-order valence-corrected chi connectivity index (χ2v) is 4.82. The van der Waals surface area contributed by atoms with Crippen molar-refractivity contribution in [3.8, 4) is 0 Å². The van der Waals surface area contributed by atoms with Gasteiger partial charge in [0.2, 0.25) is 0 Å². The molecule has 0 N–H and O–H groups in total. The van der Waals surface area contributed by atoms with Crippen molar-refractivity contribution in [2.45, 2.75) is 12.8 Å². The number of hydrogen-bond acceptors (Lipinski definition) is 2. The van der Waals surface area contributed by atoms with Crippen LogP contribution >= 0.6 is 39.9 Å². The molecule has 0 fully saturated rings. The summed E-state index contributed by atoms with van der Waals surface area (Å²) >= 11 is 9.32. The molecule has 0 amide bonds. The first-order chi connectivity index (χ1) is 4.83. The summed E-state index contributed by atoms with van der Waals surface area (Å²) in [6.07, 6.45) is 2.33. The Bertz CT molecular complexity index is 195. The quantitative estimate of drug-likeness (QED) is 0.765. The highest BCUT2D eigenvalue weighted by molar-refractivity contribution is 9.11. The molecule has 0 radical (unpaired) electrons. The summed E-state index contributed by atoms with van der Waals surface area (Å²) in [5.74, 6) is 0.980. The monoisotopic (exact) mass is 236 g/mol. The lowest BCUT2D eigenvalue weighted by molar-refractivity contribution is 0.941. The molecule has 0 spiro atoms. The molecule has 0 nitrogen and oxygen atoms in total. The molecule has 10 heavy (non-hydrogen) atoms. The maximum atomic E-state index is 4.15. The van der Waals surface area contributed by atoms with Crippen molar-refractivity contribution in [2.24, 2.45) is 0 Å². The van der Waals surface area contributed by atoms with Crippen molar-refractivity contribution in [1.82, 2.24) is 0 Å². The summed E-state index contributed by atoms with van der Waals surface area (Å²) in [7, 11) is 0. The van der Waals surface area contributed by atoms with Crippen LogP contribution in [0.2, 0.25) is 0 Å². The van der Waals surface area contributed by atoms with E-state index in [1.807, 2.05) is 0 Å². The van der Waals surface area contributed by atoms with Gasteiger partial charge >= 0.3 is 0 Å². The molecule has 0 unspecified atom stereocenters. The molecule has 0 bridgehead atoms. The van der Waals surface area contributed by atoms with Crippen molar-refractivity contribution < 1.29 is 0 Å². The summed E-state index contributed by atoms with van der Waals surface area (Å²) in [6.45, 7) is 0. The SMILES string of the molecule is SCCCc1csc(Br)c1. The minimum Gasteiger partial charge on any atom is -0.179 e. The fourth-order valence-corrected chi connectivity index (χ4v) is 2.16. The molecule has 1 aromatic heterocycles. The third-order valence-corrected chi connectivity index (χ3v) is 3.11. The minimum atomic E-state index is 0.980. The van der Waals surface area contributed by atoms with Gasteiger partial charge in [-0.1, -0.05) is 0 Å². The lowest BCUT2D eigenvalue weighted by Crippen LogP contribution is -1.81. The Labute approximate surface area is 79.2 Å². The Kier molecular flexibility index (Phi) is 3.81. The molecule has 1 aromatic rings. The molecule has 0 atom stereocenters. The first-order valence-corrected chi connectivity index (χ1v) is 5.47. The Morgan fingerprint density at radius 1 is 1.60 bits per heavy atom. The number of hydrogen-bond donors (Lipinski definition) is 1. The predicted molar refractivity (Wildman–Crippen MR) is 54.2 cm³/mol. The molecule has 1 heterocycles. The van der Waals surface area contributed by atoms with E-state index in [2.05, 4.69) is 40.0 Å². The highest BCUT2D eigenvalue weighted by Crippen LogP contribution is 2.21. The standard InChI is InChI=1S/C7H9BrS2/c8-7-4-6(5-10-7)2-1-3-9/h4-5,9H,1-3H2. The molecule has 0 aliphatic carbocycles. The molecule has 0 aliphatic heterocycles. The molecular formula is C7H9BrS2. The van der Waals surface area contributed by atoms with Gasteiger partial charge < -0.3 is 0 Å². The summed E-state index contributed by atoms with van der Waals surface area (Å²) in [5, 5.41) is 2.19. The third kappa shape index (κ3) is 2.64. The molecule has 3 heteroatoms. The zero-order valence-corrected chi connectivity index (χ0v) is 8.81. The summed E-state index contributed by atoms with van der Waals surface area (Å²) < 4.78 is 1.22. The lowest BCUT2D eigenvalue weighted by atomic mass is 10.2. The van der Waals surface area contributed by atoms with Crippen molar-refractivity contribution in [3.63, 3.8) is 0 Å². The van der Waals surface area contributed by atoms with Crippen LogP contribution in [0.4, 0.5) is 0 Å². The van der Waals surface area contributed by atoms with Crippen LogP contribution in [0, 0.1) is 0 Å². The summed E-state index contributed by atoms with van der Waals surface area (Å²) in [5.41, 5.74) is 1.42. The predicted octanol–water partition coefficient (Wildman–Crippen LogP) is 3.37. The second-order valence-electron chi connectivity index (χ2n) is 2.09. The van der Waals surface area contributed by atoms with Crippen LogP contribution in [0.1, 0.15) is 12.0 Å². The van der Waals surface area contributed by atoms with Gasteiger partial charge in [0, 0.05) is 0 Å². The van der Waals surface area contributed by atoms with Gasteiger partial charge in [-0.25, -0.2) is 0 Å². The Balaban J connectivity index is 2.42. The first-order valence-electron chi connectivity index (χ1n) is 3.16. The van der Waals surface area contributed by atoms with E-state index >= 15 is 0 Å². The normalized spacial score (nSPS) is 10.2. The highest BCUT2D eigenvalue weighted by atomic mass is 79.9. The van der Waals surface area contributed by atoms with Crippen LogP contribution < -0.4 is 0 Å². The Morgan fingerprint density at radius 2 is 2.40 bits per heavy atom. The van der Waals surface area contributed by atoms with E-state index in [0.29, 0.717) is 0 Å². The van der Waals surface area contributed by atoms with Gasteiger partial charge in [0.25, 0.3) is 0 Å². The molecule has 0 saturated carbocycles. The second kappa shape index (κ2) is 4.42. The van der Waals surface area contributed by atoms with Crippen molar-refractivity contribution >= 4 is 39.9 Å². The molecule has 0 aromatic carbocycles. The van der Waals surface area contributed by atoms with E-state index < -0.39 is 0 Å². The Morgan fingerprint density at radius 3 is 2.90 bits per heavy atom. The lowest BCUT2D eigenvalue weighted by Gasteiger charge is -1.90. The van der Waals surface area contributed by atoms with Crippen molar-refractivity contribution in [1.29, 1.82) is 0 Å². The van der Waals surface area contributed by atoms with Gasteiger partial charge in [-0.15, -0.1) is 11.3 Å². The zero-order chi connectivity index (χ0) is 7.40. The van der Waals surface area contributed by atoms with Gasteiger partial charge in [-0.2, -0.15) is 12.6 Å². The van der Waals surface area contributed by atoms with E-state index in [1.165, 1.54) is 15.8 Å². The van der Waals surface area contributed by atoms with Crippen molar-refractivity contribution in [3.05, 3.63) is 20.8 Å². The molecule has 0 aliphatic rings. The van der Waals surface area contributed by atoms with Crippen LogP contribution in [0.3, 0.4) is 0 Å². The molecule has 0 saturated heterocycles. The largest absolute Gasteiger partial charge is 0.179 e. The fourth-order valence-electron chi connectivity index (χ4n) is 0.760. The smallest absolute Gasteiger partial charge is 0.0701 e. The van der Waals surface area contributed by atoms with Crippen LogP contribution in [0.5, 0.6) is 0 Å². The number of rotatable bonds is 3. The highest BCUT2D eigenvalue weighted by Gasteiger charge is 1.94. The fraction of sp³-hybridized carbons (Fsp3) is 0.429. The van der Waals surface area contributed by atoms with E-state index in [4.69, 9.17) is 0 Å². The summed E-state index contributed by atoms with van der Waals surface area (Å²) in [4.78, 5) is 0. The van der Waals surface area contributed by atoms with Gasteiger partial charge in [0.15, 0.2) is 0 Å². The van der Waals surface area contributed by atoms with Gasteiger partial charge in [0.05, 0.1) is 3.79 Å². The molecule has 56 valence electrons. The van der Waals surface area contributed by atoms with E-state index in [9.17, 15) is 0 Å². The van der Waals surface area contributed by atoms with Gasteiger partial charge in [0.1, 0.15) is 0 Å². The first kappa shape index (κ1) is 8.62. The maximum Gasteiger partial charge on any atom is 0.0701 e. The topological polar surface area (TPSA) is 0 Å². The maximum absolute atomic E-state index is 4.15. The number of thiophene rings is 1. The third-order valence-electron chi connectivity index (χ3n) is 1.25. The molecular weight excluding hydrogens is 228 g/mol.